The van der Waals surface area contributed by atoms with Crippen LogP contribution in [0.5, 0.6) is 5.75 Å². The molecule has 0 saturated carbocycles. The average Bonchev–Trinajstić information content (AvgIpc) is 2.48. The maximum absolute atomic E-state index is 13.8. The molecule has 0 spiro atoms. The molecule has 0 radical (unpaired) electrons. The first kappa shape index (κ1) is 15.7. The van der Waals surface area contributed by atoms with Crippen molar-refractivity contribution in [3.8, 4) is 5.75 Å². The summed E-state index contributed by atoms with van der Waals surface area (Å²) in [4.78, 5) is 0. The Morgan fingerprint density at radius 1 is 1.24 bits per heavy atom. The third kappa shape index (κ3) is 3.71. The van der Waals surface area contributed by atoms with Gasteiger partial charge in [0.05, 0.1) is 12.1 Å². The first-order valence-corrected chi connectivity index (χ1v) is 6.90. The van der Waals surface area contributed by atoms with E-state index in [-0.39, 0.29) is 16.8 Å². The Bertz CT molecular complexity index is 634. The van der Waals surface area contributed by atoms with Crippen molar-refractivity contribution >= 4 is 11.6 Å². The van der Waals surface area contributed by atoms with Crippen LogP contribution in [0.25, 0.3) is 0 Å². The molecule has 1 unspecified atom stereocenters. The molecule has 2 rings (SSSR count). The maximum Gasteiger partial charge on any atom is 0.165 e. The lowest BCUT2D eigenvalue weighted by atomic mass is 10.1. The molecule has 0 fully saturated rings. The lowest BCUT2D eigenvalue weighted by Crippen LogP contribution is -2.19. The second-order valence-electron chi connectivity index (χ2n) is 4.71. The summed E-state index contributed by atoms with van der Waals surface area (Å²) in [5.74, 6) is -0.649. The highest BCUT2D eigenvalue weighted by Crippen LogP contribution is 2.23. The second kappa shape index (κ2) is 6.87. The lowest BCUT2D eigenvalue weighted by molar-refractivity contribution is 0.385. The Morgan fingerprint density at radius 3 is 2.67 bits per heavy atom. The van der Waals surface area contributed by atoms with E-state index in [1.54, 1.807) is 24.3 Å². The summed E-state index contributed by atoms with van der Waals surface area (Å²) in [6, 6.07) is 9.48. The van der Waals surface area contributed by atoms with E-state index >= 15 is 0 Å². The third-order valence-electron chi connectivity index (χ3n) is 3.31. The van der Waals surface area contributed by atoms with E-state index < -0.39 is 11.6 Å². The van der Waals surface area contributed by atoms with Gasteiger partial charge in [-0.05, 0) is 30.7 Å². The van der Waals surface area contributed by atoms with Gasteiger partial charge >= 0.3 is 0 Å². The van der Waals surface area contributed by atoms with Crippen LogP contribution in [-0.2, 0) is 6.54 Å². The van der Waals surface area contributed by atoms with Crippen LogP contribution in [0, 0.1) is 11.6 Å². The maximum atomic E-state index is 13.8. The minimum absolute atomic E-state index is 0.0949. The molecule has 0 aromatic heterocycles. The highest BCUT2D eigenvalue weighted by molar-refractivity contribution is 6.30. The fraction of sp³-hybridized carbons (Fsp3) is 0.250. The van der Waals surface area contributed by atoms with Crippen LogP contribution in [0.2, 0.25) is 5.02 Å². The van der Waals surface area contributed by atoms with Crippen molar-refractivity contribution in [2.75, 3.05) is 7.11 Å². The molecule has 21 heavy (non-hydrogen) atoms. The molecule has 1 N–H and O–H groups in total. The number of rotatable bonds is 5. The first-order valence-electron chi connectivity index (χ1n) is 6.52. The summed E-state index contributed by atoms with van der Waals surface area (Å²) in [5.41, 5.74) is 1.24. The molecule has 0 aliphatic carbocycles. The Balaban J connectivity index is 2.06. The molecule has 0 aliphatic rings. The molecular formula is C16H16ClF2NO. The van der Waals surface area contributed by atoms with Gasteiger partial charge < -0.3 is 10.1 Å². The summed E-state index contributed by atoms with van der Waals surface area (Å²) in [6.07, 6.45) is 0. The number of nitrogens with one attached hydrogen (secondary N) is 1. The van der Waals surface area contributed by atoms with Gasteiger partial charge in [0, 0.05) is 18.2 Å². The van der Waals surface area contributed by atoms with Crippen LogP contribution in [-0.4, -0.2) is 7.11 Å². The monoisotopic (exact) mass is 311 g/mol. The van der Waals surface area contributed by atoms with Crippen LogP contribution < -0.4 is 10.1 Å². The van der Waals surface area contributed by atoms with Gasteiger partial charge in [-0.1, -0.05) is 29.8 Å². The minimum Gasteiger partial charge on any atom is -0.494 e. The molecule has 2 nitrogen and oxygen atoms in total. The smallest absolute Gasteiger partial charge is 0.165 e. The highest BCUT2D eigenvalue weighted by atomic mass is 35.5. The van der Waals surface area contributed by atoms with Gasteiger partial charge in [-0.25, -0.2) is 8.78 Å². The minimum atomic E-state index is -0.431. The molecule has 0 heterocycles. The molecule has 0 aliphatic heterocycles. The summed E-state index contributed by atoms with van der Waals surface area (Å²) < 4.78 is 32.3. The fourth-order valence-corrected chi connectivity index (χ4v) is 2.21. The quantitative estimate of drug-likeness (QED) is 0.879. The molecule has 0 bridgehead atoms. The molecule has 0 saturated heterocycles. The Hall–Kier alpha value is -1.65. The third-order valence-corrected chi connectivity index (χ3v) is 3.60. The van der Waals surface area contributed by atoms with Gasteiger partial charge in [-0.15, -0.1) is 0 Å². The predicted octanol–water partition coefficient (Wildman–Crippen LogP) is 4.48. The van der Waals surface area contributed by atoms with Gasteiger partial charge in [0.15, 0.2) is 11.6 Å². The van der Waals surface area contributed by atoms with Crippen molar-refractivity contribution in [3.63, 3.8) is 0 Å². The van der Waals surface area contributed by atoms with Crippen molar-refractivity contribution in [1.82, 2.24) is 5.32 Å². The summed E-state index contributed by atoms with van der Waals surface area (Å²) in [7, 11) is 1.42. The zero-order chi connectivity index (χ0) is 15.4. The van der Waals surface area contributed by atoms with E-state index in [0.29, 0.717) is 12.1 Å². The van der Waals surface area contributed by atoms with Crippen LogP contribution in [0.1, 0.15) is 24.1 Å². The summed E-state index contributed by atoms with van der Waals surface area (Å²) in [5, 5.41) is 3.24. The van der Waals surface area contributed by atoms with E-state index in [1.807, 2.05) is 6.92 Å². The van der Waals surface area contributed by atoms with Crippen molar-refractivity contribution in [3.05, 3.63) is 64.2 Å². The van der Waals surface area contributed by atoms with E-state index in [9.17, 15) is 8.78 Å². The molecule has 2 aromatic carbocycles. The van der Waals surface area contributed by atoms with E-state index in [0.717, 1.165) is 5.56 Å². The number of benzene rings is 2. The number of methoxy groups -OCH3 is 1. The van der Waals surface area contributed by atoms with Gasteiger partial charge in [-0.2, -0.15) is 0 Å². The normalized spacial score (nSPS) is 12.2. The molecule has 5 heteroatoms. The highest BCUT2D eigenvalue weighted by Gasteiger charge is 2.11. The van der Waals surface area contributed by atoms with E-state index in [2.05, 4.69) is 5.32 Å². The Labute approximate surface area is 127 Å². The molecule has 112 valence electrons. The van der Waals surface area contributed by atoms with Gasteiger partial charge in [-0.3, -0.25) is 0 Å². The Morgan fingerprint density at radius 2 is 2.00 bits per heavy atom. The van der Waals surface area contributed by atoms with Gasteiger partial charge in [0.2, 0.25) is 0 Å². The lowest BCUT2D eigenvalue weighted by Gasteiger charge is -2.15. The standard InChI is InChI=1S/C16H16ClF2NO/c1-10(11-6-7-15(21-2)14(18)8-11)20-9-12-4-3-5-13(17)16(12)19/h3-8,10,20H,9H2,1-2H3. The SMILES string of the molecule is COc1ccc(C(C)NCc2cccc(Cl)c2F)cc1F. The average molecular weight is 312 g/mol. The summed E-state index contributed by atoms with van der Waals surface area (Å²) >= 11 is 5.73. The molecule has 2 aromatic rings. The van der Waals surface area contributed by atoms with Crippen molar-refractivity contribution in [2.24, 2.45) is 0 Å². The van der Waals surface area contributed by atoms with E-state index in [4.69, 9.17) is 16.3 Å². The number of hydrogen-bond donors (Lipinski definition) is 1. The van der Waals surface area contributed by atoms with Crippen LogP contribution in [0.3, 0.4) is 0 Å². The van der Waals surface area contributed by atoms with Gasteiger partial charge in [0.1, 0.15) is 5.82 Å². The predicted molar refractivity (Wildman–Crippen MR) is 79.6 cm³/mol. The number of hydrogen-bond acceptors (Lipinski definition) is 2. The molecular weight excluding hydrogens is 296 g/mol. The molecule has 0 amide bonds. The van der Waals surface area contributed by atoms with Crippen LogP contribution in [0.4, 0.5) is 8.78 Å². The topological polar surface area (TPSA) is 21.3 Å². The number of halogens is 3. The van der Waals surface area contributed by atoms with Crippen LogP contribution in [0.15, 0.2) is 36.4 Å². The van der Waals surface area contributed by atoms with Crippen molar-refractivity contribution < 1.29 is 13.5 Å². The fourth-order valence-electron chi connectivity index (χ4n) is 2.02. The molecule has 1 atom stereocenters. The van der Waals surface area contributed by atoms with Crippen molar-refractivity contribution in [2.45, 2.75) is 19.5 Å². The first-order chi connectivity index (χ1) is 10.0. The van der Waals surface area contributed by atoms with E-state index in [1.165, 1.54) is 19.2 Å². The van der Waals surface area contributed by atoms with Crippen LogP contribution >= 0.6 is 11.6 Å². The van der Waals surface area contributed by atoms with Crippen molar-refractivity contribution in [1.29, 1.82) is 0 Å². The zero-order valence-corrected chi connectivity index (χ0v) is 12.5. The second-order valence-corrected chi connectivity index (χ2v) is 5.12. The number of ether oxygens (including phenoxy) is 1. The van der Waals surface area contributed by atoms with Gasteiger partial charge in [0.25, 0.3) is 0 Å². The zero-order valence-electron chi connectivity index (χ0n) is 11.8. The largest absolute Gasteiger partial charge is 0.494 e. The summed E-state index contributed by atoms with van der Waals surface area (Å²) in [6.45, 7) is 2.19. The Kier molecular flexibility index (Phi) is 5.15.